The Kier molecular flexibility index (Phi) is 6.32. The van der Waals surface area contributed by atoms with E-state index in [9.17, 15) is 0 Å². The molecule has 0 bridgehead atoms. The van der Waals surface area contributed by atoms with Crippen molar-refractivity contribution in [2.45, 2.75) is 46.2 Å². The molecule has 0 aromatic rings. The largest absolute Gasteiger partial charge is 0.380 e. The summed E-state index contributed by atoms with van der Waals surface area (Å²) in [6.07, 6.45) is 1.27. The fourth-order valence-electron chi connectivity index (χ4n) is 2.69. The van der Waals surface area contributed by atoms with Crippen molar-refractivity contribution in [2.75, 3.05) is 32.8 Å². The van der Waals surface area contributed by atoms with E-state index in [4.69, 9.17) is 4.74 Å². The van der Waals surface area contributed by atoms with Gasteiger partial charge in [0, 0.05) is 31.1 Å². The summed E-state index contributed by atoms with van der Waals surface area (Å²) >= 11 is 0. The van der Waals surface area contributed by atoms with Crippen LogP contribution in [0.25, 0.3) is 0 Å². The van der Waals surface area contributed by atoms with E-state index in [0.29, 0.717) is 12.1 Å². The average Bonchev–Trinajstić information content (AvgIpc) is 2.53. The standard InChI is InChI=1S/C11H22N2O.C2H6/c1-9(2)13-5-6-14-8-10-3-4-12-7-11(10)13;1-2/h9-12H,3-8H2,1-2H3;1-2H3. The molecule has 0 aromatic carbocycles. The van der Waals surface area contributed by atoms with Crippen molar-refractivity contribution in [3.63, 3.8) is 0 Å². The zero-order chi connectivity index (χ0) is 12.0. The lowest BCUT2D eigenvalue weighted by atomic mass is 9.92. The zero-order valence-corrected chi connectivity index (χ0v) is 11.3. The van der Waals surface area contributed by atoms with E-state index in [-0.39, 0.29) is 0 Å². The topological polar surface area (TPSA) is 24.5 Å². The molecule has 0 amide bonds. The second-order valence-corrected chi connectivity index (χ2v) is 4.73. The average molecular weight is 228 g/mol. The number of rotatable bonds is 1. The molecule has 96 valence electrons. The van der Waals surface area contributed by atoms with Crippen molar-refractivity contribution in [1.82, 2.24) is 10.2 Å². The summed E-state index contributed by atoms with van der Waals surface area (Å²) in [5, 5.41) is 3.50. The highest BCUT2D eigenvalue weighted by atomic mass is 16.5. The van der Waals surface area contributed by atoms with Crippen LogP contribution < -0.4 is 5.32 Å². The first-order valence-electron chi connectivity index (χ1n) is 6.83. The summed E-state index contributed by atoms with van der Waals surface area (Å²) in [5.74, 6) is 0.751. The predicted molar refractivity (Wildman–Crippen MR) is 68.8 cm³/mol. The molecule has 3 nitrogen and oxygen atoms in total. The molecular weight excluding hydrogens is 200 g/mol. The maximum absolute atomic E-state index is 5.67. The molecule has 2 fully saturated rings. The van der Waals surface area contributed by atoms with Gasteiger partial charge in [-0.25, -0.2) is 0 Å². The molecule has 2 rings (SSSR count). The third kappa shape index (κ3) is 3.44. The van der Waals surface area contributed by atoms with Gasteiger partial charge in [-0.05, 0) is 26.8 Å². The Labute approximate surface area is 101 Å². The van der Waals surface area contributed by atoms with Crippen LogP contribution in [0.15, 0.2) is 0 Å². The van der Waals surface area contributed by atoms with Gasteiger partial charge in [0.05, 0.1) is 13.2 Å². The number of nitrogens with zero attached hydrogens (tertiary/aromatic N) is 1. The maximum atomic E-state index is 5.67. The van der Waals surface area contributed by atoms with Gasteiger partial charge in [0.1, 0.15) is 0 Å². The molecule has 2 heterocycles. The van der Waals surface area contributed by atoms with Gasteiger partial charge in [-0.3, -0.25) is 4.90 Å². The summed E-state index contributed by atoms with van der Waals surface area (Å²) in [6, 6.07) is 1.34. The second-order valence-electron chi connectivity index (χ2n) is 4.73. The summed E-state index contributed by atoms with van der Waals surface area (Å²) in [5.41, 5.74) is 0. The minimum atomic E-state index is 0.643. The highest BCUT2D eigenvalue weighted by molar-refractivity contribution is 4.88. The van der Waals surface area contributed by atoms with Gasteiger partial charge in [-0.2, -0.15) is 0 Å². The minimum Gasteiger partial charge on any atom is -0.380 e. The number of nitrogens with one attached hydrogen (secondary N) is 1. The van der Waals surface area contributed by atoms with Crippen LogP contribution >= 0.6 is 0 Å². The molecule has 2 aliphatic rings. The van der Waals surface area contributed by atoms with Crippen molar-refractivity contribution in [3.05, 3.63) is 0 Å². The molecule has 0 spiro atoms. The van der Waals surface area contributed by atoms with E-state index in [1.165, 1.54) is 6.42 Å². The highest BCUT2D eigenvalue weighted by Crippen LogP contribution is 2.22. The normalized spacial score (nSPS) is 31.3. The van der Waals surface area contributed by atoms with E-state index in [0.717, 1.165) is 38.8 Å². The SMILES string of the molecule is CC.CC(C)N1CCOCC2CCNCC21. The quantitative estimate of drug-likeness (QED) is 0.740. The van der Waals surface area contributed by atoms with Crippen molar-refractivity contribution < 1.29 is 4.74 Å². The summed E-state index contributed by atoms with van der Waals surface area (Å²) in [4.78, 5) is 2.60. The number of hydrogen-bond donors (Lipinski definition) is 1. The van der Waals surface area contributed by atoms with Crippen molar-refractivity contribution >= 4 is 0 Å². The van der Waals surface area contributed by atoms with Gasteiger partial charge in [-0.1, -0.05) is 13.8 Å². The molecule has 2 saturated heterocycles. The molecule has 2 atom stereocenters. The van der Waals surface area contributed by atoms with E-state index in [1.807, 2.05) is 13.8 Å². The highest BCUT2D eigenvalue weighted by Gasteiger charge is 2.33. The van der Waals surface area contributed by atoms with E-state index in [2.05, 4.69) is 24.1 Å². The molecule has 0 saturated carbocycles. The van der Waals surface area contributed by atoms with E-state index in [1.54, 1.807) is 0 Å². The Balaban J connectivity index is 0.000000606. The third-order valence-electron chi connectivity index (χ3n) is 3.50. The smallest absolute Gasteiger partial charge is 0.0593 e. The number of ether oxygens (including phenoxy) is 1. The Morgan fingerprint density at radius 2 is 2.06 bits per heavy atom. The van der Waals surface area contributed by atoms with Crippen molar-refractivity contribution in [3.8, 4) is 0 Å². The minimum absolute atomic E-state index is 0.643. The van der Waals surface area contributed by atoms with Crippen LogP contribution in [-0.4, -0.2) is 49.8 Å². The first kappa shape index (κ1) is 13.9. The molecule has 2 aliphatic heterocycles. The summed E-state index contributed by atoms with van der Waals surface area (Å²) < 4.78 is 5.67. The second kappa shape index (κ2) is 7.25. The monoisotopic (exact) mass is 228 g/mol. The number of piperidine rings is 1. The van der Waals surface area contributed by atoms with Crippen LogP contribution in [0, 0.1) is 5.92 Å². The van der Waals surface area contributed by atoms with Gasteiger partial charge < -0.3 is 10.1 Å². The predicted octanol–water partition coefficient (Wildman–Crippen LogP) is 1.73. The van der Waals surface area contributed by atoms with Gasteiger partial charge in [0.2, 0.25) is 0 Å². The lowest BCUT2D eigenvalue weighted by molar-refractivity contribution is 0.0918. The van der Waals surface area contributed by atoms with Gasteiger partial charge in [-0.15, -0.1) is 0 Å². The number of fused-ring (bicyclic) bond motifs is 1. The Bertz CT molecular complexity index is 185. The van der Waals surface area contributed by atoms with E-state index < -0.39 is 0 Å². The first-order valence-corrected chi connectivity index (χ1v) is 6.83. The molecule has 0 aliphatic carbocycles. The Hall–Kier alpha value is -0.120. The van der Waals surface area contributed by atoms with Gasteiger partial charge in [0.15, 0.2) is 0 Å². The number of hydrogen-bond acceptors (Lipinski definition) is 3. The molecule has 0 aromatic heterocycles. The van der Waals surface area contributed by atoms with Crippen molar-refractivity contribution in [2.24, 2.45) is 5.92 Å². The Morgan fingerprint density at radius 1 is 1.31 bits per heavy atom. The zero-order valence-electron chi connectivity index (χ0n) is 11.3. The lowest BCUT2D eigenvalue weighted by Gasteiger charge is -2.40. The molecule has 1 N–H and O–H groups in total. The summed E-state index contributed by atoms with van der Waals surface area (Å²) in [6.45, 7) is 13.9. The van der Waals surface area contributed by atoms with Crippen LogP contribution in [0.2, 0.25) is 0 Å². The van der Waals surface area contributed by atoms with Crippen molar-refractivity contribution in [1.29, 1.82) is 0 Å². The third-order valence-corrected chi connectivity index (χ3v) is 3.50. The first-order chi connectivity index (χ1) is 7.79. The van der Waals surface area contributed by atoms with Crippen LogP contribution in [0.3, 0.4) is 0 Å². The van der Waals surface area contributed by atoms with E-state index >= 15 is 0 Å². The maximum Gasteiger partial charge on any atom is 0.0593 e. The molecule has 3 heteroatoms. The summed E-state index contributed by atoms with van der Waals surface area (Å²) in [7, 11) is 0. The molecular formula is C13H28N2O. The van der Waals surface area contributed by atoms with Crippen LogP contribution in [-0.2, 0) is 4.74 Å². The lowest BCUT2D eigenvalue weighted by Crippen LogP contribution is -2.53. The van der Waals surface area contributed by atoms with Crippen LogP contribution in [0.5, 0.6) is 0 Å². The molecule has 2 unspecified atom stereocenters. The molecule has 16 heavy (non-hydrogen) atoms. The molecule has 0 radical (unpaired) electrons. The van der Waals surface area contributed by atoms with Gasteiger partial charge >= 0.3 is 0 Å². The van der Waals surface area contributed by atoms with Crippen LogP contribution in [0.4, 0.5) is 0 Å². The van der Waals surface area contributed by atoms with Gasteiger partial charge in [0.25, 0.3) is 0 Å². The van der Waals surface area contributed by atoms with Crippen LogP contribution in [0.1, 0.15) is 34.1 Å². The fourth-order valence-corrected chi connectivity index (χ4v) is 2.69. The fraction of sp³-hybridized carbons (Fsp3) is 1.00. The Morgan fingerprint density at radius 3 is 2.75 bits per heavy atom.